The van der Waals surface area contributed by atoms with Gasteiger partial charge >= 0.3 is 0 Å². The first kappa shape index (κ1) is 14.2. The first-order valence-corrected chi connectivity index (χ1v) is 7.36. The molecule has 1 aliphatic rings. The van der Waals surface area contributed by atoms with Gasteiger partial charge in [0, 0.05) is 6.54 Å². The molecule has 0 amide bonds. The third kappa shape index (κ3) is 3.87. The summed E-state index contributed by atoms with van der Waals surface area (Å²) in [7, 11) is 0. The smallest absolute Gasteiger partial charge is 0.161 e. The molecule has 0 radical (unpaired) electrons. The van der Waals surface area contributed by atoms with Crippen molar-refractivity contribution in [3.63, 3.8) is 0 Å². The van der Waals surface area contributed by atoms with Gasteiger partial charge in [-0.3, -0.25) is 0 Å². The number of ether oxygens (including phenoxy) is 1. The molecular formula is C16H25NO2. The maximum Gasteiger partial charge on any atom is 0.161 e. The van der Waals surface area contributed by atoms with E-state index in [0.717, 1.165) is 30.5 Å². The van der Waals surface area contributed by atoms with E-state index in [4.69, 9.17) is 4.74 Å². The SMILES string of the molecule is CCOc1cc(CNCC2CCCC2C)ccc1O. The minimum atomic E-state index is 0.218. The molecule has 1 aromatic rings. The van der Waals surface area contributed by atoms with Crippen molar-refractivity contribution in [2.75, 3.05) is 13.2 Å². The van der Waals surface area contributed by atoms with Crippen LogP contribution in [0.15, 0.2) is 18.2 Å². The Kier molecular flexibility index (Phi) is 5.08. The Morgan fingerprint density at radius 3 is 2.89 bits per heavy atom. The summed E-state index contributed by atoms with van der Waals surface area (Å²) in [6.45, 7) is 6.78. The number of hydrogen-bond acceptors (Lipinski definition) is 3. The van der Waals surface area contributed by atoms with Gasteiger partial charge in [0.2, 0.25) is 0 Å². The lowest BCUT2D eigenvalue weighted by atomic mass is 9.98. The molecule has 0 spiro atoms. The van der Waals surface area contributed by atoms with Gasteiger partial charge < -0.3 is 15.2 Å². The Bertz CT molecular complexity index is 406. The van der Waals surface area contributed by atoms with E-state index in [0.29, 0.717) is 12.4 Å². The Hall–Kier alpha value is -1.22. The largest absolute Gasteiger partial charge is 0.504 e. The summed E-state index contributed by atoms with van der Waals surface area (Å²) in [6, 6.07) is 5.58. The molecule has 2 atom stereocenters. The average Bonchev–Trinajstić information content (AvgIpc) is 2.79. The molecule has 19 heavy (non-hydrogen) atoms. The van der Waals surface area contributed by atoms with Crippen LogP contribution in [0.25, 0.3) is 0 Å². The topological polar surface area (TPSA) is 41.5 Å². The first-order chi connectivity index (χ1) is 9.20. The zero-order chi connectivity index (χ0) is 13.7. The van der Waals surface area contributed by atoms with E-state index < -0.39 is 0 Å². The summed E-state index contributed by atoms with van der Waals surface area (Å²) in [5.74, 6) is 2.47. The zero-order valence-electron chi connectivity index (χ0n) is 12.0. The average molecular weight is 263 g/mol. The lowest BCUT2D eigenvalue weighted by molar-refractivity contribution is 0.317. The Balaban J connectivity index is 1.83. The van der Waals surface area contributed by atoms with Gasteiger partial charge in [0.1, 0.15) is 0 Å². The monoisotopic (exact) mass is 263 g/mol. The van der Waals surface area contributed by atoms with Gasteiger partial charge in [-0.1, -0.05) is 25.8 Å². The standard InChI is InChI=1S/C16H25NO2/c1-3-19-16-9-13(7-8-15(16)18)10-17-11-14-6-4-5-12(14)2/h7-9,12,14,17-18H,3-6,10-11H2,1-2H3. The molecule has 1 aliphatic carbocycles. The molecule has 0 aliphatic heterocycles. The fourth-order valence-corrected chi connectivity index (χ4v) is 2.87. The Morgan fingerprint density at radius 1 is 1.37 bits per heavy atom. The quantitative estimate of drug-likeness (QED) is 0.827. The molecular weight excluding hydrogens is 238 g/mol. The highest BCUT2D eigenvalue weighted by Crippen LogP contribution is 2.30. The second-order valence-electron chi connectivity index (χ2n) is 5.53. The van der Waals surface area contributed by atoms with Crippen molar-refractivity contribution in [1.29, 1.82) is 0 Å². The number of aromatic hydroxyl groups is 1. The minimum Gasteiger partial charge on any atom is -0.504 e. The second kappa shape index (κ2) is 6.80. The van der Waals surface area contributed by atoms with Gasteiger partial charge in [-0.05, 0) is 49.4 Å². The molecule has 2 unspecified atom stereocenters. The molecule has 2 rings (SSSR count). The fourth-order valence-electron chi connectivity index (χ4n) is 2.87. The predicted octanol–water partition coefficient (Wildman–Crippen LogP) is 3.32. The van der Waals surface area contributed by atoms with Crippen molar-refractivity contribution in [3.8, 4) is 11.5 Å². The molecule has 3 heteroatoms. The maximum absolute atomic E-state index is 9.65. The van der Waals surface area contributed by atoms with Crippen molar-refractivity contribution in [1.82, 2.24) is 5.32 Å². The van der Waals surface area contributed by atoms with Crippen LogP contribution in [0.5, 0.6) is 11.5 Å². The summed E-state index contributed by atoms with van der Waals surface area (Å²) in [4.78, 5) is 0. The number of phenols is 1. The summed E-state index contributed by atoms with van der Waals surface area (Å²) >= 11 is 0. The van der Waals surface area contributed by atoms with Crippen LogP contribution >= 0.6 is 0 Å². The van der Waals surface area contributed by atoms with Gasteiger partial charge in [-0.2, -0.15) is 0 Å². The van der Waals surface area contributed by atoms with Crippen LogP contribution in [0.4, 0.5) is 0 Å². The van der Waals surface area contributed by atoms with E-state index in [1.165, 1.54) is 19.3 Å². The van der Waals surface area contributed by atoms with Crippen molar-refractivity contribution in [2.45, 2.75) is 39.7 Å². The van der Waals surface area contributed by atoms with Crippen LogP contribution in [0.2, 0.25) is 0 Å². The number of rotatable bonds is 6. The van der Waals surface area contributed by atoms with Crippen LogP contribution in [-0.2, 0) is 6.54 Å². The highest BCUT2D eigenvalue weighted by Gasteiger charge is 2.22. The van der Waals surface area contributed by atoms with Gasteiger partial charge in [0.25, 0.3) is 0 Å². The number of benzene rings is 1. The zero-order valence-corrected chi connectivity index (χ0v) is 12.0. The maximum atomic E-state index is 9.65. The highest BCUT2D eigenvalue weighted by atomic mass is 16.5. The summed E-state index contributed by atoms with van der Waals surface area (Å²) < 4.78 is 5.40. The fraction of sp³-hybridized carbons (Fsp3) is 0.625. The van der Waals surface area contributed by atoms with Gasteiger partial charge in [0.05, 0.1) is 6.61 Å². The van der Waals surface area contributed by atoms with Crippen LogP contribution < -0.4 is 10.1 Å². The van der Waals surface area contributed by atoms with Gasteiger partial charge in [0.15, 0.2) is 11.5 Å². The van der Waals surface area contributed by atoms with E-state index in [1.807, 2.05) is 19.1 Å². The third-order valence-electron chi connectivity index (χ3n) is 4.10. The van der Waals surface area contributed by atoms with E-state index in [2.05, 4.69) is 12.2 Å². The highest BCUT2D eigenvalue weighted by molar-refractivity contribution is 5.41. The van der Waals surface area contributed by atoms with Crippen molar-refractivity contribution < 1.29 is 9.84 Å². The van der Waals surface area contributed by atoms with E-state index in [9.17, 15) is 5.11 Å². The van der Waals surface area contributed by atoms with Crippen LogP contribution in [0, 0.1) is 11.8 Å². The summed E-state index contributed by atoms with van der Waals surface area (Å²) in [5, 5.41) is 13.2. The Morgan fingerprint density at radius 2 is 2.21 bits per heavy atom. The molecule has 0 heterocycles. The molecule has 2 N–H and O–H groups in total. The summed E-state index contributed by atoms with van der Waals surface area (Å²) in [6.07, 6.45) is 4.11. The van der Waals surface area contributed by atoms with Crippen molar-refractivity contribution in [2.24, 2.45) is 11.8 Å². The van der Waals surface area contributed by atoms with E-state index in [1.54, 1.807) is 6.07 Å². The van der Waals surface area contributed by atoms with Crippen LogP contribution in [0.1, 0.15) is 38.7 Å². The minimum absolute atomic E-state index is 0.218. The van der Waals surface area contributed by atoms with Crippen molar-refractivity contribution in [3.05, 3.63) is 23.8 Å². The normalized spacial score (nSPS) is 22.6. The molecule has 1 fully saturated rings. The number of nitrogens with one attached hydrogen (secondary N) is 1. The van der Waals surface area contributed by atoms with E-state index >= 15 is 0 Å². The third-order valence-corrected chi connectivity index (χ3v) is 4.10. The number of phenolic OH excluding ortho intramolecular Hbond substituents is 1. The van der Waals surface area contributed by atoms with Gasteiger partial charge in [-0.15, -0.1) is 0 Å². The number of hydrogen-bond donors (Lipinski definition) is 2. The summed E-state index contributed by atoms with van der Waals surface area (Å²) in [5.41, 5.74) is 1.16. The lowest BCUT2D eigenvalue weighted by Crippen LogP contribution is -2.23. The molecule has 1 saturated carbocycles. The van der Waals surface area contributed by atoms with Crippen LogP contribution in [0.3, 0.4) is 0 Å². The second-order valence-corrected chi connectivity index (χ2v) is 5.53. The van der Waals surface area contributed by atoms with Crippen molar-refractivity contribution >= 4 is 0 Å². The molecule has 106 valence electrons. The molecule has 0 saturated heterocycles. The first-order valence-electron chi connectivity index (χ1n) is 7.36. The van der Waals surface area contributed by atoms with Gasteiger partial charge in [-0.25, -0.2) is 0 Å². The molecule has 0 bridgehead atoms. The Labute approximate surface area is 116 Å². The molecule has 0 aromatic heterocycles. The molecule has 3 nitrogen and oxygen atoms in total. The lowest BCUT2D eigenvalue weighted by Gasteiger charge is -2.16. The van der Waals surface area contributed by atoms with Crippen LogP contribution in [-0.4, -0.2) is 18.3 Å². The molecule has 1 aromatic carbocycles. The van der Waals surface area contributed by atoms with E-state index in [-0.39, 0.29) is 5.75 Å². The predicted molar refractivity (Wildman–Crippen MR) is 77.5 cm³/mol.